The summed E-state index contributed by atoms with van der Waals surface area (Å²) >= 11 is 0. The Morgan fingerprint density at radius 3 is 2.52 bits per heavy atom. The minimum Gasteiger partial charge on any atom is -0.346 e. The quantitative estimate of drug-likeness (QED) is 0.511. The normalized spacial score (nSPS) is 11.5. The zero-order valence-electron chi connectivity index (χ0n) is 16.0. The van der Waals surface area contributed by atoms with Crippen molar-refractivity contribution in [3.63, 3.8) is 0 Å². The van der Waals surface area contributed by atoms with Crippen LogP contribution in [0.25, 0.3) is 5.69 Å². The predicted octanol–water partition coefficient (Wildman–Crippen LogP) is 2.86. The molecule has 2 heterocycles. The fourth-order valence-corrected chi connectivity index (χ4v) is 3.07. The Balaban J connectivity index is 1.45. The number of para-hydroxylation sites is 1. The first-order valence-corrected chi connectivity index (χ1v) is 9.18. The third kappa shape index (κ3) is 4.60. The van der Waals surface area contributed by atoms with E-state index in [9.17, 15) is 18.0 Å². The number of halogens is 3. The summed E-state index contributed by atoms with van der Waals surface area (Å²) in [6, 6.07) is 12.6. The molecule has 11 heteroatoms. The molecule has 0 radical (unpaired) electrons. The maximum atomic E-state index is 13.2. The molecule has 158 valence electrons. The lowest BCUT2D eigenvalue weighted by atomic mass is 10.1. The Morgan fingerprint density at radius 1 is 1.03 bits per heavy atom. The number of aromatic nitrogens is 6. The Hall–Kier alpha value is -4.02. The molecular weight excluding hydrogens is 411 g/mol. The molecule has 0 saturated carbocycles. The second-order valence-corrected chi connectivity index (χ2v) is 6.61. The molecule has 0 saturated heterocycles. The van der Waals surface area contributed by atoms with Gasteiger partial charge in [-0.15, -0.1) is 5.10 Å². The third-order valence-electron chi connectivity index (χ3n) is 4.52. The number of hydrogen-bond donors (Lipinski definition) is 1. The van der Waals surface area contributed by atoms with Crippen molar-refractivity contribution < 1.29 is 18.0 Å². The topological polar surface area (TPSA) is 90.5 Å². The molecular formula is C20H16F3N7O. The van der Waals surface area contributed by atoms with Crippen molar-refractivity contribution in [1.29, 1.82) is 0 Å². The first-order chi connectivity index (χ1) is 14.9. The van der Waals surface area contributed by atoms with Crippen molar-refractivity contribution in [3.8, 4) is 5.69 Å². The molecule has 0 unspecified atom stereocenters. The van der Waals surface area contributed by atoms with Crippen LogP contribution < -0.4 is 5.32 Å². The zero-order chi connectivity index (χ0) is 21.8. The van der Waals surface area contributed by atoms with Crippen LogP contribution in [0.3, 0.4) is 0 Å². The van der Waals surface area contributed by atoms with Crippen LogP contribution in [0.15, 0.2) is 67.4 Å². The third-order valence-corrected chi connectivity index (χ3v) is 4.52. The molecule has 31 heavy (non-hydrogen) atoms. The molecule has 1 amide bonds. The highest BCUT2D eigenvalue weighted by Gasteiger charge is 2.33. The molecule has 0 aliphatic carbocycles. The van der Waals surface area contributed by atoms with Gasteiger partial charge in [-0.1, -0.05) is 41.6 Å². The van der Waals surface area contributed by atoms with Gasteiger partial charge in [0.2, 0.25) is 0 Å². The molecule has 8 nitrogen and oxygen atoms in total. The van der Waals surface area contributed by atoms with E-state index in [1.807, 2.05) is 24.3 Å². The van der Waals surface area contributed by atoms with E-state index in [4.69, 9.17) is 0 Å². The van der Waals surface area contributed by atoms with E-state index in [1.165, 1.54) is 35.4 Å². The lowest BCUT2D eigenvalue weighted by molar-refractivity contribution is -0.138. The van der Waals surface area contributed by atoms with Crippen LogP contribution in [0.5, 0.6) is 0 Å². The Bertz CT molecular complexity index is 1190. The summed E-state index contributed by atoms with van der Waals surface area (Å²) < 4.78 is 42.3. The molecule has 1 N–H and O–H groups in total. The van der Waals surface area contributed by atoms with Gasteiger partial charge in [-0.3, -0.25) is 4.79 Å². The Morgan fingerprint density at radius 2 is 1.77 bits per heavy atom. The second kappa shape index (κ2) is 8.38. The highest BCUT2D eigenvalue weighted by Crippen LogP contribution is 2.32. The van der Waals surface area contributed by atoms with Crippen LogP contribution in [0, 0.1) is 0 Å². The molecule has 4 aromatic rings. The minimum atomic E-state index is -4.48. The van der Waals surface area contributed by atoms with Crippen molar-refractivity contribution in [2.75, 3.05) is 0 Å². The van der Waals surface area contributed by atoms with E-state index < -0.39 is 17.6 Å². The number of carbonyl (C=O) groups excluding carboxylic acids is 1. The number of nitrogens with one attached hydrogen (secondary N) is 1. The van der Waals surface area contributed by atoms with Crippen molar-refractivity contribution in [2.45, 2.75) is 19.3 Å². The van der Waals surface area contributed by atoms with Crippen LogP contribution in [0.1, 0.15) is 27.2 Å². The number of alkyl halides is 3. The van der Waals surface area contributed by atoms with E-state index in [0.717, 1.165) is 17.3 Å². The summed E-state index contributed by atoms with van der Waals surface area (Å²) in [5.74, 6) is -0.497. The van der Waals surface area contributed by atoms with Crippen LogP contribution in [0.2, 0.25) is 0 Å². The molecule has 2 aromatic carbocycles. The van der Waals surface area contributed by atoms with E-state index in [1.54, 1.807) is 11.0 Å². The number of nitrogens with zero attached hydrogens (tertiary/aromatic N) is 6. The van der Waals surface area contributed by atoms with Gasteiger partial charge < -0.3 is 5.32 Å². The minimum absolute atomic E-state index is 0.00252. The van der Waals surface area contributed by atoms with Crippen molar-refractivity contribution in [3.05, 3.63) is 89.8 Å². The molecule has 0 atom stereocenters. The summed E-state index contributed by atoms with van der Waals surface area (Å²) in [6.45, 7) is 0.0315. The number of hydrogen-bond acceptors (Lipinski definition) is 5. The lowest BCUT2D eigenvalue weighted by Gasteiger charge is -2.12. The fourth-order valence-electron chi connectivity index (χ4n) is 3.07. The van der Waals surface area contributed by atoms with Crippen molar-refractivity contribution >= 4 is 5.91 Å². The largest absolute Gasteiger partial charge is 0.416 e. The summed E-state index contributed by atoms with van der Waals surface area (Å²) in [4.78, 5) is 16.4. The maximum absolute atomic E-state index is 13.2. The van der Waals surface area contributed by atoms with Gasteiger partial charge in [0, 0.05) is 6.54 Å². The first-order valence-electron chi connectivity index (χ1n) is 9.18. The van der Waals surface area contributed by atoms with E-state index in [-0.39, 0.29) is 24.3 Å². The van der Waals surface area contributed by atoms with Gasteiger partial charge in [-0.05, 0) is 23.3 Å². The average molecular weight is 427 g/mol. The number of amides is 1. The van der Waals surface area contributed by atoms with Crippen LogP contribution in [-0.4, -0.2) is 35.7 Å². The first kappa shape index (κ1) is 20.3. The van der Waals surface area contributed by atoms with E-state index in [0.29, 0.717) is 0 Å². The SMILES string of the molecule is O=C(NCc1ccccc1-n1cncn1)c1cn(Cc2ccccc2C(F)(F)F)nn1. The van der Waals surface area contributed by atoms with Crippen LogP contribution in [0.4, 0.5) is 13.2 Å². The molecule has 2 aromatic heterocycles. The summed E-state index contributed by atoms with van der Waals surface area (Å²) in [5, 5.41) is 14.4. The summed E-state index contributed by atoms with van der Waals surface area (Å²) in [5.41, 5.74) is 0.845. The zero-order valence-corrected chi connectivity index (χ0v) is 16.0. The smallest absolute Gasteiger partial charge is 0.346 e. The molecule has 0 aliphatic heterocycles. The number of benzene rings is 2. The van der Waals surface area contributed by atoms with Gasteiger partial charge in [0.05, 0.1) is 24.0 Å². The Kier molecular flexibility index (Phi) is 5.48. The number of carbonyl (C=O) groups is 1. The van der Waals surface area contributed by atoms with Gasteiger partial charge in [-0.2, -0.15) is 18.3 Å². The summed E-state index contributed by atoms with van der Waals surface area (Å²) in [6.07, 6.45) is -0.212. The molecule has 0 bridgehead atoms. The predicted molar refractivity (Wildman–Crippen MR) is 103 cm³/mol. The lowest BCUT2D eigenvalue weighted by Crippen LogP contribution is -2.24. The molecule has 0 spiro atoms. The second-order valence-electron chi connectivity index (χ2n) is 6.61. The van der Waals surface area contributed by atoms with Gasteiger partial charge in [0.1, 0.15) is 12.7 Å². The number of rotatable bonds is 6. The van der Waals surface area contributed by atoms with Gasteiger partial charge >= 0.3 is 6.18 Å². The summed E-state index contributed by atoms with van der Waals surface area (Å²) in [7, 11) is 0. The van der Waals surface area contributed by atoms with Crippen molar-refractivity contribution in [1.82, 2.24) is 35.1 Å². The van der Waals surface area contributed by atoms with Crippen molar-refractivity contribution in [2.24, 2.45) is 0 Å². The highest BCUT2D eigenvalue weighted by molar-refractivity contribution is 5.91. The molecule has 0 fully saturated rings. The highest BCUT2D eigenvalue weighted by atomic mass is 19.4. The van der Waals surface area contributed by atoms with Gasteiger partial charge in [-0.25, -0.2) is 14.3 Å². The Labute approximate surface area is 174 Å². The van der Waals surface area contributed by atoms with Crippen LogP contribution >= 0.6 is 0 Å². The molecule has 0 aliphatic rings. The maximum Gasteiger partial charge on any atom is 0.416 e. The van der Waals surface area contributed by atoms with Gasteiger partial charge in [0.15, 0.2) is 5.69 Å². The monoisotopic (exact) mass is 427 g/mol. The van der Waals surface area contributed by atoms with Gasteiger partial charge in [0.25, 0.3) is 5.91 Å². The van der Waals surface area contributed by atoms with E-state index >= 15 is 0 Å². The van der Waals surface area contributed by atoms with E-state index in [2.05, 4.69) is 25.7 Å². The average Bonchev–Trinajstić information content (AvgIpc) is 3.44. The van der Waals surface area contributed by atoms with Crippen LogP contribution in [-0.2, 0) is 19.3 Å². The molecule has 4 rings (SSSR count). The standard InChI is InChI=1S/C20H16F3N7O/c21-20(22,23)16-7-3-1-6-15(16)10-29-11-17(27-28-29)19(31)25-9-14-5-2-4-8-18(14)30-13-24-12-26-30/h1-8,11-13H,9-10H2,(H,25,31). The fraction of sp³-hybridized carbons (Fsp3) is 0.150.